The average Bonchev–Trinajstić information content (AvgIpc) is 2.24. The van der Waals surface area contributed by atoms with E-state index in [2.05, 4.69) is 4.84 Å². The van der Waals surface area contributed by atoms with Crippen molar-refractivity contribution in [1.82, 2.24) is 4.89 Å². The van der Waals surface area contributed by atoms with Crippen molar-refractivity contribution >= 4 is 10.0 Å². The Bertz CT molecular complexity index is 531. The third-order valence-electron chi connectivity index (χ3n) is 1.87. The van der Waals surface area contributed by atoms with E-state index in [0.29, 0.717) is 12.1 Å². The molecule has 18 heavy (non-hydrogen) atoms. The molecule has 0 bridgehead atoms. The molecule has 0 saturated carbocycles. The smallest absolute Gasteiger partial charge is 0.265 e. The summed E-state index contributed by atoms with van der Waals surface area (Å²) in [5, 5.41) is 0. The van der Waals surface area contributed by atoms with Gasteiger partial charge in [0, 0.05) is 0 Å². The van der Waals surface area contributed by atoms with E-state index in [1.165, 1.54) is 0 Å². The fourth-order valence-electron chi connectivity index (χ4n) is 1.04. The first-order chi connectivity index (χ1) is 8.25. The molecule has 1 aromatic rings. The summed E-state index contributed by atoms with van der Waals surface area (Å²) in [4.78, 5) is 5.25. The van der Waals surface area contributed by atoms with Gasteiger partial charge >= 0.3 is 0 Å². The number of sulfonamides is 1. The molecule has 0 saturated heterocycles. The number of benzene rings is 1. The molecule has 0 aliphatic carbocycles. The molecule has 102 valence electrons. The Kier molecular flexibility index (Phi) is 4.71. The largest absolute Gasteiger partial charge is 0.287 e. The molecule has 0 fully saturated rings. The van der Waals surface area contributed by atoms with Gasteiger partial charge in [-0.2, -0.15) is 0 Å². The van der Waals surface area contributed by atoms with Crippen molar-refractivity contribution in [1.29, 1.82) is 0 Å². The van der Waals surface area contributed by atoms with E-state index < -0.39 is 32.4 Å². The number of nitrogens with one attached hydrogen (secondary N) is 1. The molecular formula is C10H12F3NO3S. The summed E-state index contributed by atoms with van der Waals surface area (Å²) in [5.41, 5.74) is 0. The normalized spacial score (nSPS) is 12.1. The predicted molar refractivity (Wildman–Crippen MR) is 57.4 cm³/mol. The zero-order valence-electron chi connectivity index (χ0n) is 9.71. The first kappa shape index (κ1) is 14.9. The number of halogens is 3. The first-order valence-corrected chi connectivity index (χ1v) is 6.51. The fourth-order valence-corrected chi connectivity index (χ4v) is 1.92. The van der Waals surface area contributed by atoms with E-state index in [1.807, 2.05) is 0 Å². The number of hydrogen-bond donors (Lipinski definition) is 1. The highest BCUT2D eigenvalue weighted by Crippen LogP contribution is 2.19. The summed E-state index contributed by atoms with van der Waals surface area (Å²) >= 11 is 0. The standard InChI is InChI=1S/C10H12F3NO3S/c1-6(2)5-17-14-18(15,16)8-4-3-7(11)9(12)10(8)13/h3-4,6,14H,5H2,1-2H3. The monoisotopic (exact) mass is 283 g/mol. The van der Waals surface area contributed by atoms with E-state index in [0.717, 1.165) is 0 Å². The van der Waals surface area contributed by atoms with Crippen molar-refractivity contribution in [2.75, 3.05) is 6.61 Å². The lowest BCUT2D eigenvalue weighted by atomic mass is 10.2. The maximum Gasteiger partial charge on any atom is 0.265 e. The lowest BCUT2D eigenvalue weighted by Gasteiger charge is -2.09. The van der Waals surface area contributed by atoms with Crippen LogP contribution in [0.3, 0.4) is 0 Å². The topological polar surface area (TPSA) is 55.4 Å². The zero-order valence-corrected chi connectivity index (χ0v) is 10.5. The van der Waals surface area contributed by atoms with Crippen molar-refractivity contribution in [2.45, 2.75) is 18.7 Å². The Morgan fingerprint density at radius 1 is 1.22 bits per heavy atom. The van der Waals surface area contributed by atoms with Gasteiger partial charge in [0.25, 0.3) is 10.0 Å². The van der Waals surface area contributed by atoms with Crippen molar-refractivity contribution in [3.8, 4) is 0 Å². The summed E-state index contributed by atoms with van der Waals surface area (Å²) in [6.07, 6.45) is 0. The molecule has 0 heterocycles. The van der Waals surface area contributed by atoms with Gasteiger partial charge in [0.15, 0.2) is 17.5 Å². The Balaban J connectivity index is 2.96. The second-order valence-corrected chi connectivity index (χ2v) is 5.58. The summed E-state index contributed by atoms with van der Waals surface area (Å²) in [7, 11) is -4.38. The number of hydrogen-bond acceptors (Lipinski definition) is 3. The summed E-state index contributed by atoms with van der Waals surface area (Å²) in [6, 6.07) is 1.14. The second-order valence-electron chi connectivity index (χ2n) is 3.97. The van der Waals surface area contributed by atoms with Gasteiger partial charge < -0.3 is 0 Å². The molecule has 0 aromatic heterocycles. The van der Waals surface area contributed by atoms with E-state index >= 15 is 0 Å². The average molecular weight is 283 g/mol. The molecule has 0 radical (unpaired) electrons. The Morgan fingerprint density at radius 3 is 2.39 bits per heavy atom. The highest BCUT2D eigenvalue weighted by molar-refractivity contribution is 7.89. The van der Waals surface area contributed by atoms with Crippen LogP contribution in [0.1, 0.15) is 13.8 Å². The molecular weight excluding hydrogens is 271 g/mol. The molecule has 0 atom stereocenters. The van der Waals surface area contributed by atoms with Gasteiger partial charge in [-0.15, -0.1) is 0 Å². The molecule has 0 amide bonds. The van der Waals surface area contributed by atoms with Crippen LogP contribution in [0.25, 0.3) is 0 Å². The van der Waals surface area contributed by atoms with Crippen LogP contribution in [-0.4, -0.2) is 15.0 Å². The maximum atomic E-state index is 13.3. The van der Waals surface area contributed by atoms with Crippen LogP contribution >= 0.6 is 0 Å². The van der Waals surface area contributed by atoms with Gasteiger partial charge in [-0.3, -0.25) is 4.84 Å². The number of rotatable bonds is 5. The maximum absolute atomic E-state index is 13.3. The van der Waals surface area contributed by atoms with Crippen molar-refractivity contribution in [2.24, 2.45) is 5.92 Å². The van der Waals surface area contributed by atoms with E-state index in [4.69, 9.17) is 0 Å². The van der Waals surface area contributed by atoms with E-state index in [1.54, 1.807) is 18.7 Å². The lowest BCUT2D eigenvalue weighted by Crippen LogP contribution is -2.27. The minimum atomic E-state index is -4.38. The van der Waals surface area contributed by atoms with E-state index in [9.17, 15) is 21.6 Å². The van der Waals surface area contributed by atoms with Crippen LogP contribution in [0.4, 0.5) is 13.2 Å². The molecule has 0 spiro atoms. The second kappa shape index (κ2) is 5.68. The lowest BCUT2D eigenvalue weighted by molar-refractivity contribution is 0.0717. The minimum Gasteiger partial charge on any atom is -0.287 e. The van der Waals surface area contributed by atoms with Gasteiger partial charge in [-0.25, -0.2) is 21.6 Å². The van der Waals surface area contributed by atoms with Gasteiger partial charge in [-0.1, -0.05) is 18.7 Å². The van der Waals surface area contributed by atoms with Gasteiger partial charge in [0.05, 0.1) is 6.61 Å². The summed E-state index contributed by atoms with van der Waals surface area (Å²) < 4.78 is 61.9. The molecule has 1 rings (SSSR count). The van der Waals surface area contributed by atoms with Crippen LogP contribution in [0.2, 0.25) is 0 Å². The molecule has 0 unspecified atom stereocenters. The van der Waals surface area contributed by atoms with Crippen molar-refractivity contribution < 1.29 is 26.4 Å². The summed E-state index contributed by atoms with van der Waals surface area (Å²) in [5.74, 6) is -5.05. The Hall–Kier alpha value is -1.12. The molecule has 0 aliphatic rings. The molecule has 8 heteroatoms. The molecule has 4 nitrogen and oxygen atoms in total. The van der Waals surface area contributed by atoms with Crippen LogP contribution in [0.5, 0.6) is 0 Å². The highest BCUT2D eigenvalue weighted by atomic mass is 32.2. The molecule has 1 aromatic carbocycles. The van der Waals surface area contributed by atoms with Crippen LogP contribution in [0.15, 0.2) is 17.0 Å². The third kappa shape index (κ3) is 3.44. The van der Waals surface area contributed by atoms with E-state index in [-0.39, 0.29) is 12.5 Å². The van der Waals surface area contributed by atoms with Crippen molar-refractivity contribution in [3.05, 3.63) is 29.6 Å². The Morgan fingerprint density at radius 2 is 1.83 bits per heavy atom. The Labute approximate surface area is 103 Å². The zero-order chi connectivity index (χ0) is 13.9. The van der Waals surface area contributed by atoms with Crippen LogP contribution in [0, 0.1) is 23.4 Å². The fraction of sp³-hybridized carbons (Fsp3) is 0.400. The minimum absolute atomic E-state index is 0.0440. The highest BCUT2D eigenvalue weighted by Gasteiger charge is 2.24. The quantitative estimate of drug-likeness (QED) is 0.664. The summed E-state index contributed by atoms with van der Waals surface area (Å²) in [6.45, 7) is 3.60. The third-order valence-corrected chi connectivity index (χ3v) is 3.11. The SMILES string of the molecule is CC(C)CONS(=O)(=O)c1ccc(F)c(F)c1F. The van der Waals surface area contributed by atoms with Crippen molar-refractivity contribution in [3.63, 3.8) is 0 Å². The molecule has 1 N–H and O–H groups in total. The van der Waals surface area contributed by atoms with Gasteiger partial charge in [0.1, 0.15) is 4.90 Å². The van der Waals surface area contributed by atoms with Crippen LogP contribution in [-0.2, 0) is 14.9 Å². The predicted octanol–water partition coefficient (Wildman–Crippen LogP) is 1.97. The molecule has 0 aliphatic heterocycles. The van der Waals surface area contributed by atoms with Crippen LogP contribution < -0.4 is 4.89 Å². The first-order valence-electron chi connectivity index (χ1n) is 5.02. The van der Waals surface area contributed by atoms with Gasteiger partial charge in [0.2, 0.25) is 0 Å². The van der Waals surface area contributed by atoms with Gasteiger partial charge in [-0.05, 0) is 18.1 Å².